The summed E-state index contributed by atoms with van der Waals surface area (Å²) in [5.74, 6) is 1.09. The van der Waals surface area contributed by atoms with E-state index >= 15 is 0 Å². The van der Waals surface area contributed by atoms with Gasteiger partial charge in [0.25, 0.3) is 11.8 Å². The molecular formula is C36H34N8O2W2. The number of pyridine rings is 2. The minimum Gasteiger partial charge on any atom is -0.338 e. The molecule has 0 saturated heterocycles. The van der Waals surface area contributed by atoms with Crippen molar-refractivity contribution in [3.8, 4) is 0 Å². The Hall–Kier alpha value is -4.52. The fraction of sp³-hybridized carbons (Fsp3) is 0.167. The number of amides is 2. The van der Waals surface area contributed by atoms with Gasteiger partial charge in [0.05, 0.1) is 35.7 Å². The summed E-state index contributed by atoms with van der Waals surface area (Å²) in [5, 5.41) is 17.3. The van der Waals surface area contributed by atoms with Crippen LogP contribution in [0.3, 0.4) is 0 Å². The fourth-order valence-corrected chi connectivity index (χ4v) is 4.52. The van der Waals surface area contributed by atoms with Crippen molar-refractivity contribution < 1.29 is 60.9 Å². The monoisotopic (exact) mass is 978 g/mol. The van der Waals surface area contributed by atoms with Crippen molar-refractivity contribution in [1.29, 1.82) is 0 Å². The van der Waals surface area contributed by atoms with Gasteiger partial charge in [-0.3, -0.25) is 9.59 Å². The molecule has 3 aromatic carbocycles. The number of carbonyl (C=O) groups is 2. The molecule has 0 aliphatic rings. The first kappa shape index (κ1) is 37.9. The average molecular weight is 978 g/mol. The summed E-state index contributed by atoms with van der Waals surface area (Å²) < 4.78 is 3.89. The first-order valence-corrected chi connectivity index (χ1v) is 14.8. The summed E-state index contributed by atoms with van der Waals surface area (Å²) in [6, 6.07) is 38.6. The molecule has 0 atom stereocenters. The first-order chi connectivity index (χ1) is 22.5. The van der Waals surface area contributed by atoms with E-state index in [1.807, 2.05) is 82.2 Å². The van der Waals surface area contributed by atoms with Crippen LogP contribution in [0.25, 0.3) is 0 Å². The van der Waals surface area contributed by atoms with Gasteiger partial charge in [-0.05, 0) is 36.4 Å². The molecule has 0 aliphatic carbocycles. The molecule has 48 heavy (non-hydrogen) atoms. The van der Waals surface area contributed by atoms with Crippen molar-refractivity contribution in [1.82, 2.24) is 9.80 Å². The molecule has 2 aromatic heterocycles. The van der Waals surface area contributed by atoms with Crippen molar-refractivity contribution in [3.63, 3.8) is 0 Å². The third kappa shape index (κ3) is 10.8. The van der Waals surface area contributed by atoms with Gasteiger partial charge in [-0.25, -0.2) is 9.13 Å². The van der Waals surface area contributed by atoms with Gasteiger partial charge in [-0.1, -0.05) is 22.4 Å². The minimum absolute atomic E-state index is 0. The number of azo groups is 2. The fourth-order valence-electron chi connectivity index (χ4n) is 4.52. The van der Waals surface area contributed by atoms with E-state index in [4.69, 9.17) is 0 Å². The summed E-state index contributed by atoms with van der Waals surface area (Å²) in [6.07, 6.45) is 3.82. The van der Waals surface area contributed by atoms with Gasteiger partial charge in [0.15, 0.2) is 0 Å². The third-order valence-corrected chi connectivity index (χ3v) is 7.20. The SMILES string of the molecule is CN(CC[n+]1ccccc1N=Nc1cc[c-]cc1)C(=O)c1ccc(C(=O)N(C)CC[n+]2ccccc2N=Nc2cc[c-]cc2)cc1.[W].[W]. The molecule has 0 fully saturated rings. The molecule has 242 valence electrons. The normalized spacial score (nSPS) is 10.7. The van der Waals surface area contributed by atoms with Crippen LogP contribution in [0, 0.1) is 12.1 Å². The van der Waals surface area contributed by atoms with E-state index in [1.165, 1.54) is 0 Å². The van der Waals surface area contributed by atoms with Crippen LogP contribution in [-0.4, -0.2) is 48.8 Å². The maximum absolute atomic E-state index is 13.2. The van der Waals surface area contributed by atoms with Crippen molar-refractivity contribution >= 4 is 34.8 Å². The van der Waals surface area contributed by atoms with Crippen LogP contribution in [0.4, 0.5) is 23.0 Å². The Bertz CT molecular complexity index is 1690. The molecule has 5 aromatic rings. The number of benzene rings is 3. The first-order valence-electron chi connectivity index (χ1n) is 14.8. The molecule has 0 bridgehead atoms. The van der Waals surface area contributed by atoms with E-state index in [0.717, 1.165) is 11.4 Å². The van der Waals surface area contributed by atoms with E-state index in [1.54, 1.807) is 72.4 Å². The van der Waals surface area contributed by atoms with Gasteiger partial charge in [0.2, 0.25) is 0 Å². The second-order valence-electron chi connectivity index (χ2n) is 10.5. The molecule has 2 heterocycles. The van der Waals surface area contributed by atoms with Crippen LogP contribution in [-0.2, 0) is 55.2 Å². The Morgan fingerprint density at radius 3 is 1.31 bits per heavy atom. The van der Waals surface area contributed by atoms with E-state index < -0.39 is 0 Å². The Morgan fingerprint density at radius 2 is 0.938 bits per heavy atom. The van der Waals surface area contributed by atoms with E-state index in [2.05, 4.69) is 32.6 Å². The molecule has 2 amide bonds. The van der Waals surface area contributed by atoms with Crippen LogP contribution in [0.1, 0.15) is 20.7 Å². The summed E-state index contributed by atoms with van der Waals surface area (Å²) in [4.78, 5) is 29.6. The van der Waals surface area contributed by atoms with Crippen molar-refractivity contribution in [3.05, 3.63) is 145 Å². The number of nitrogens with zero attached hydrogens (tertiary/aromatic N) is 8. The Balaban J connectivity index is 0.00000312. The quantitative estimate of drug-likeness (QED) is 0.0843. The van der Waals surface area contributed by atoms with Gasteiger partial charge in [-0.2, -0.15) is 36.4 Å². The Labute approximate surface area is 309 Å². The van der Waals surface area contributed by atoms with Gasteiger partial charge in [-0.15, -0.1) is 24.3 Å². The number of hydrogen-bond donors (Lipinski definition) is 0. The van der Waals surface area contributed by atoms with Gasteiger partial charge < -0.3 is 9.80 Å². The van der Waals surface area contributed by atoms with Gasteiger partial charge >= 0.3 is 11.6 Å². The molecule has 0 aliphatic heterocycles. The number of hydrogen-bond acceptors (Lipinski definition) is 6. The second kappa shape index (κ2) is 19.3. The summed E-state index contributed by atoms with van der Waals surface area (Å²) in [6.45, 7) is 1.99. The summed E-state index contributed by atoms with van der Waals surface area (Å²) in [5.41, 5.74) is 2.48. The third-order valence-electron chi connectivity index (χ3n) is 7.20. The van der Waals surface area contributed by atoms with Crippen LogP contribution in [0.5, 0.6) is 0 Å². The molecule has 0 spiro atoms. The summed E-state index contributed by atoms with van der Waals surface area (Å²) >= 11 is 0. The van der Waals surface area contributed by atoms with Crippen molar-refractivity contribution in [2.24, 2.45) is 20.5 Å². The molecule has 5 rings (SSSR count). The zero-order chi connectivity index (χ0) is 32.1. The van der Waals surface area contributed by atoms with E-state index in [0.29, 0.717) is 48.9 Å². The smallest absolute Gasteiger partial charge is 0.338 e. The zero-order valence-corrected chi connectivity index (χ0v) is 32.5. The Morgan fingerprint density at radius 1 is 0.562 bits per heavy atom. The number of aromatic nitrogens is 2. The van der Waals surface area contributed by atoms with Gasteiger partial charge in [0, 0.05) is 90.9 Å². The van der Waals surface area contributed by atoms with Crippen LogP contribution in [0.2, 0.25) is 0 Å². The van der Waals surface area contributed by atoms with Crippen LogP contribution >= 0.6 is 0 Å². The standard InChI is InChI=1S/C36H34N8O2.2W/c1-41(25-27-43-23-11-9-17-33(43)39-37-31-13-5-3-6-14-31)35(45)29-19-21-30(22-20-29)36(46)42(2)26-28-44-24-12-10-18-34(44)40-38-32-15-7-4-8-16-32;;/h5-24H,25-28H2,1-2H3;;. The predicted molar refractivity (Wildman–Crippen MR) is 173 cm³/mol. The molecular weight excluding hydrogens is 944 g/mol. The number of carbonyl (C=O) groups excluding carboxylic acids is 2. The van der Waals surface area contributed by atoms with Gasteiger partial charge in [0.1, 0.15) is 13.1 Å². The average Bonchev–Trinajstić information content (AvgIpc) is 3.12. The minimum atomic E-state index is -0.136. The van der Waals surface area contributed by atoms with E-state index in [-0.39, 0.29) is 53.9 Å². The topological polar surface area (TPSA) is 97.8 Å². The van der Waals surface area contributed by atoms with E-state index in [9.17, 15) is 9.59 Å². The molecule has 0 unspecified atom stereocenters. The Kier molecular flexibility index (Phi) is 15.3. The molecule has 0 N–H and O–H groups in total. The molecule has 10 nitrogen and oxygen atoms in total. The van der Waals surface area contributed by atoms with Crippen molar-refractivity contribution in [2.45, 2.75) is 13.1 Å². The molecule has 12 heteroatoms. The maximum Gasteiger partial charge on any atom is 0.350 e. The zero-order valence-electron chi connectivity index (χ0n) is 26.6. The van der Waals surface area contributed by atoms with Crippen LogP contribution < -0.4 is 9.13 Å². The van der Waals surface area contributed by atoms with Crippen LogP contribution in [0.15, 0.2) is 142 Å². The molecule has 0 radical (unpaired) electrons. The van der Waals surface area contributed by atoms with Crippen molar-refractivity contribution in [2.75, 3.05) is 27.2 Å². The number of rotatable bonds is 12. The largest absolute Gasteiger partial charge is 0.350 e. The predicted octanol–water partition coefficient (Wildman–Crippen LogP) is 6.23. The maximum atomic E-state index is 13.2. The second-order valence-corrected chi connectivity index (χ2v) is 10.5. The number of likely N-dealkylation sites (N-methyl/N-ethyl adjacent to an activating group) is 2. The molecule has 0 saturated carbocycles. The summed E-state index contributed by atoms with van der Waals surface area (Å²) in [7, 11) is 3.52.